The van der Waals surface area contributed by atoms with Gasteiger partial charge in [0, 0.05) is 18.0 Å². The fraction of sp³-hybridized carbons (Fsp3) is 0.0556. The Morgan fingerprint density at radius 3 is 2.80 bits per heavy atom. The van der Waals surface area contributed by atoms with Crippen molar-refractivity contribution in [3.8, 4) is 11.3 Å². The number of hydrogen-bond donors (Lipinski definition) is 1. The van der Waals surface area contributed by atoms with Crippen LogP contribution in [0.3, 0.4) is 0 Å². The zero-order valence-corrected chi connectivity index (χ0v) is 14.7. The minimum absolute atomic E-state index is 0.165. The molecule has 0 spiro atoms. The van der Waals surface area contributed by atoms with Crippen LogP contribution >= 0.6 is 23.8 Å². The van der Waals surface area contributed by atoms with E-state index in [1.807, 2.05) is 48.5 Å². The number of rotatable bonds is 5. The zero-order chi connectivity index (χ0) is 17.6. The first-order valence-corrected chi connectivity index (χ1v) is 8.26. The lowest BCUT2D eigenvalue weighted by Gasteiger charge is -2.16. The largest absolute Gasteiger partial charge is 0.455 e. The van der Waals surface area contributed by atoms with Crippen LogP contribution in [-0.2, 0) is 6.54 Å². The number of nitrogens with two attached hydrogens (primary N) is 1. The standard InChI is InChI=1S/C18H15ClN4OS/c19-16-6-2-1-5-15(16)17-8-7-14(24-17)11-22-23(18(20)25)12-13-4-3-9-21-10-13/h1-11H,12H2,(H2,20,25). The summed E-state index contributed by atoms with van der Waals surface area (Å²) in [4.78, 5) is 4.07. The van der Waals surface area contributed by atoms with Crippen LogP contribution in [0, 0.1) is 0 Å². The van der Waals surface area contributed by atoms with Crippen molar-refractivity contribution in [2.24, 2.45) is 10.8 Å². The number of hydrogen-bond acceptors (Lipinski definition) is 4. The first-order valence-electron chi connectivity index (χ1n) is 7.48. The van der Waals surface area contributed by atoms with Gasteiger partial charge in [0.25, 0.3) is 0 Å². The van der Waals surface area contributed by atoms with Gasteiger partial charge in [0.15, 0.2) is 5.11 Å². The smallest absolute Gasteiger partial charge is 0.187 e. The number of aromatic nitrogens is 1. The van der Waals surface area contributed by atoms with Crippen molar-refractivity contribution in [2.45, 2.75) is 6.54 Å². The molecule has 2 N–H and O–H groups in total. The highest BCUT2D eigenvalue weighted by molar-refractivity contribution is 7.80. The van der Waals surface area contributed by atoms with E-state index in [1.165, 1.54) is 5.01 Å². The molecule has 0 aliphatic rings. The molecular weight excluding hydrogens is 356 g/mol. The third-order valence-electron chi connectivity index (χ3n) is 3.40. The Morgan fingerprint density at radius 1 is 1.24 bits per heavy atom. The molecule has 7 heteroatoms. The molecule has 126 valence electrons. The average Bonchev–Trinajstić information content (AvgIpc) is 3.08. The summed E-state index contributed by atoms with van der Waals surface area (Å²) in [7, 11) is 0. The van der Waals surface area contributed by atoms with Gasteiger partial charge >= 0.3 is 0 Å². The quantitative estimate of drug-likeness (QED) is 0.416. The van der Waals surface area contributed by atoms with Gasteiger partial charge in [-0.05, 0) is 48.1 Å². The van der Waals surface area contributed by atoms with Crippen LogP contribution < -0.4 is 5.73 Å². The number of pyridine rings is 1. The fourth-order valence-corrected chi connectivity index (χ4v) is 2.54. The van der Waals surface area contributed by atoms with Crippen LogP contribution in [0.5, 0.6) is 0 Å². The lowest BCUT2D eigenvalue weighted by atomic mass is 10.2. The minimum atomic E-state index is 0.165. The summed E-state index contributed by atoms with van der Waals surface area (Å²) in [5, 5.41) is 6.60. The predicted molar refractivity (Wildman–Crippen MR) is 103 cm³/mol. The molecule has 5 nitrogen and oxygen atoms in total. The topological polar surface area (TPSA) is 67.7 Å². The fourth-order valence-electron chi connectivity index (χ4n) is 2.19. The third kappa shape index (κ3) is 4.43. The normalized spacial score (nSPS) is 10.9. The van der Waals surface area contributed by atoms with E-state index >= 15 is 0 Å². The van der Waals surface area contributed by atoms with Crippen molar-refractivity contribution in [1.29, 1.82) is 0 Å². The van der Waals surface area contributed by atoms with Crippen molar-refractivity contribution in [3.63, 3.8) is 0 Å². The van der Waals surface area contributed by atoms with Crippen LogP contribution in [-0.4, -0.2) is 21.3 Å². The molecule has 0 fully saturated rings. The summed E-state index contributed by atoms with van der Waals surface area (Å²) in [6, 6.07) is 14.9. The molecule has 3 aromatic rings. The lowest BCUT2D eigenvalue weighted by molar-refractivity contribution is 0.442. The van der Waals surface area contributed by atoms with Gasteiger partial charge in [-0.2, -0.15) is 5.10 Å². The van der Waals surface area contributed by atoms with E-state index in [-0.39, 0.29) is 5.11 Å². The molecule has 0 atom stereocenters. The Labute approximate surface area is 155 Å². The lowest BCUT2D eigenvalue weighted by Crippen LogP contribution is -2.30. The Morgan fingerprint density at radius 2 is 2.08 bits per heavy atom. The summed E-state index contributed by atoms with van der Waals surface area (Å²) in [5.41, 5.74) is 7.51. The number of benzene rings is 1. The van der Waals surface area contributed by atoms with Crippen LogP contribution in [0.25, 0.3) is 11.3 Å². The van der Waals surface area contributed by atoms with Crippen molar-refractivity contribution in [3.05, 3.63) is 77.3 Å². The first-order chi connectivity index (χ1) is 12.1. The Bertz CT molecular complexity index is 895. The Kier molecular flexibility index (Phi) is 5.42. The number of nitrogens with zero attached hydrogens (tertiary/aromatic N) is 3. The Hall–Kier alpha value is -2.70. The number of furan rings is 1. The van der Waals surface area contributed by atoms with Crippen molar-refractivity contribution in [2.75, 3.05) is 0 Å². The molecule has 0 aliphatic carbocycles. The highest BCUT2D eigenvalue weighted by Gasteiger charge is 2.09. The van der Waals surface area contributed by atoms with Crippen LogP contribution in [0.4, 0.5) is 0 Å². The van der Waals surface area contributed by atoms with E-state index in [0.717, 1.165) is 11.1 Å². The summed E-state index contributed by atoms with van der Waals surface area (Å²) in [5.74, 6) is 1.24. The second kappa shape index (κ2) is 7.92. The second-order valence-electron chi connectivity index (χ2n) is 5.18. The van der Waals surface area contributed by atoms with Gasteiger partial charge < -0.3 is 10.2 Å². The third-order valence-corrected chi connectivity index (χ3v) is 3.94. The maximum Gasteiger partial charge on any atom is 0.187 e. The van der Waals surface area contributed by atoms with Gasteiger partial charge in [-0.1, -0.05) is 29.8 Å². The molecule has 0 saturated heterocycles. The molecule has 0 saturated carbocycles. The maximum atomic E-state index is 6.19. The van der Waals surface area contributed by atoms with Crippen LogP contribution in [0.2, 0.25) is 5.02 Å². The summed E-state index contributed by atoms with van der Waals surface area (Å²) in [6.07, 6.45) is 5.01. The highest BCUT2D eigenvalue weighted by atomic mass is 35.5. The van der Waals surface area contributed by atoms with E-state index in [4.69, 9.17) is 34.0 Å². The van der Waals surface area contributed by atoms with E-state index in [1.54, 1.807) is 18.6 Å². The second-order valence-corrected chi connectivity index (χ2v) is 6.01. The van der Waals surface area contributed by atoms with Gasteiger partial charge in [0.1, 0.15) is 11.5 Å². The summed E-state index contributed by atoms with van der Waals surface area (Å²) in [6.45, 7) is 0.428. The zero-order valence-electron chi connectivity index (χ0n) is 13.2. The molecule has 2 heterocycles. The van der Waals surface area contributed by atoms with E-state index in [2.05, 4.69) is 10.1 Å². The van der Waals surface area contributed by atoms with E-state index in [0.29, 0.717) is 23.1 Å². The average molecular weight is 371 g/mol. The molecule has 25 heavy (non-hydrogen) atoms. The van der Waals surface area contributed by atoms with Gasteiger partial charge in [-0.25, -0.2) is 5.01 Å². The van der Waals surface area contributed by atoms with Crippen molar-refractivity contribution < 1.29 is 4.42 Å². The van der Waals surface area contributed by atoms with E-state index in [9.17, 15) is 0 Å². The number of hydrazone groups is 1. The summed E-state index contributed by atoms with van der Waals surface area (Å²) < 4.78 is 5.77. The monoisotopic (exact) mass is 370 g/mol. The molecule has 0 unspecified atom stereocenters. The van der Waals surface area contributed by atoms with Crippen LogP contribution in [0.1, 0.15) is 11.3 Å². The molecular formula is C18H15ClN4OS. The maximum absolute atomic E-state index is 6.19. The molecule has 0 amide bonds. The molecule has 0 bridgehead atoms. The number of thiocarbonyl (C=S) groups is 1. The Balaban J connectivity index is 1.76. The van der Waals surface area contributed by atoms with Gasteiger partial charge in [-0.3, -0.25) is 4.98 Å². The molecule has 2 aromatic heterocycles. The van der Waals surface area contributed by atoms with Gasteiger partial charge in [0.05, 0.1) is 17.8 Å². The van der Waals surface area contributed by atoms with Crippen molar-refractivity contribution >= 4 is 35.1 Å². The van der Waals surface area contributed by atoms with Gasteiger partial charge in [-0.15, -0.1) is 0 Å². The number of halogens is 1. The SMILES string of the molecule is NC(=S)N(Cc1cccnc1)N=Cc1ccc(-c2ccccc2Cl)o1. The van der Waals surface area contributed by atoms with Gasteiger partial charge in [0.2, 0.25) is 0 Å². The van der Waals surface area contributed by atoms with Crippen LogP contribution in [0.15, 0.2) is 70.4 Å². The molecule has 0 aliphatic heterocycles. The molecule has 3 rings (SSSR count). The van der Waals surface area contributed by atoms with E-state index < -0.39 is 0 Å². The molecule has 0 radical (unpaired) electrons. The summed E-state index contributed by atoms with van der Waals surface area (Å²) >= 11 is 11.2. The minimum Gasteiger partial charge on any atom is -0.455 e. The molecule has 1 aromatic carbocycles. The highest BCUT2D eigenvalue weighted by Crippen LogP contribution is 2.28. The predicted octanol–water partition coefficient (Wildman–Crippen LogP) is 4.07. The van der Waals surface area contributed by atoms with Crippen molar-refractivity contribution in [1.82, 2.24) is 9.99 Å². The first kappa shape index (κ1) is 17.1.